The van der Waals surface area contributed by atoms with E-state index in [1.165, 1.54) is 16.7 Å². The minimum atomic E-state index is -0.125. The van der Waals surface area contributed by atoms with Gasteiger partial charge in [-0.15, -0.1) is 0 Å². The lowest BCUT2D eigenvalue weighted by molar-refractivity contribution is -0.137. The fourth-order valence-corrected chi connectivity index (χ4v) is 1.13. The molecule has 0 aliphatic rings. The fourth-order valence-electron chi connectivity index (χ4n) is 1.13. The average molecular weight is 224 g/mol. The van der Waals surface area contributed by atoms with Crippen LogP contribution in [0.25, 0.3) is 0 Å². The molecule has 0 aliphatic heterocycles. The van der Waals surface area contributed by atoms with Crippen LogP contribution < -0.4 is 0 Å². The Kier molecular flexibility index (Phi) is 4.04. The Balaban J connectivity index is 2.45. The molecule has 0 bridgehead atoms. The summed E-state index contributed by atoms with van der Waals surface area (Å²) in [6.07, 6.45) is 3.34. The Morgan fingerprint density at radius 3 is 2.56 bits per heavy atom. The number of likely N-dealkylation sites (N-methyl/N-ethyl adjacent to an activating group) is 2. The molecule has 2 amide bonds. The van der Waals surface area contributed by atoms with Crippen LogP contribution in [0.1, 0.15) is 12.7 Å². The zero-order valence-electron chi connectivity index (χ0n) is 9.73. The Bertz CT molecular complexity index is 361. The number of nitrogens with one attached hydrogen (secondary N) is 1. The third-order valence-electron chi connectivity index (χ3n) is 2.28. The molecule has 1 aromatic rings. The van der Waals surface area contributed by atoms with Crippen molar-refractivity contribution in [2.75, 3.05) is 20.6 Å². The van der Waals surface area contributed by atoms with Gasteiger partial charge in [-0.3, -0.25) is 9.59 Å². The van der Waals surface area contributed by atoms with Crippen LogP contribution in [-0.2, 0) is 16.1 Å². The summed E-state index contributed by atoms with van der Waals surface area (Å²) in [5.41, 5.74) is 0. The van der Waals surface area contributed by atoms with Crippen LogP contribution in [-0.4, -0.2) is 52.2 Å². The molecule has 0 radical (unpaired) electrons. The van der Waals surface area contributed by atoms with Crippen LogP contribution in [0.5, 0.6) is 0 Å². The van der Waals surface area contributed by atoms with Crippen molar-refractivity contribution in [2.24, 2.45) is 0 Å². The highest BCUT2D eigenvalue weighted by atomic mass is 16.2. The van der Waals surface area contributed by atoms with Gasteiger partial charge < -0.3 is 14.8 Å². The lowest BCUT2D eigenvalue weighted by Crippen LogP contribution is -2.38. The SMILES string of the molecule is CC(=O)N(C)CC(=O)N(C)Cc1ncc[nH]1. The molecule has 88 valence electrons. The van der Waals surface area contributed by atoms with Crippen LogP contribution in [0.4, 0.5) is 0 Å². The van der Waals surface area contributed by atoms with Gasteiger partial charge in [-0.25, -0.2) is 4.98 Å². The predicted molar refractivity (Wildman–Crippen MR) is 58.4 cm³/mol. The van der Waals surface area contributed by atoms with Gasteiger partial charge in [0.05, 0.1) is 13.1 Å². The van der Waals surface area contributed by atoms with E-state index < -0.39 is 0 Å². The quantitative estimate of drug-likeness (QED) is 0.773. The third-order valence-corrected chi connectivity index (χ3v) is 2.28. The lowest BCUT2D eigenvalue weighted by Gasteiger charge is -2.20. The summed E-state index contributed by atoms with van der Waals surface area (Å²) in [5.74, 6) is 0.482. The van der Waals surface area contributed by atoms with Crippen molar-refractivity contribution in [3.8, 4) is 0 Å². The summed E-state index contributed by atoms with van der Waals surface area (Å²) in [5, 5.41) is 0. The van der Waals surface area contributed by atoms with E-state index in [-0.39, 0.29) is 18.4 Å². The topological polar surface area (TPSA) is 69.3 Å². The number of aromatic nitrogens is 2. The number of aromatic amines is 1. The summed E-state index contributed by atoms with van der Waals surface area (Å²) >= 11 is 0. The van der Waals surface area contributed by atoms with Gasteiger partial charge in [-0.1, -0.05) is 0 Å². The largest absolute Gasteiger partial charge is 0.347 e. The highest BCUT2D eigenvalue weighted by molar-refractivity contribution is 5.83. The highest BCUT2D eigenvalue weighted by Gasteiger charge is 2.14. The molecular weight excluding hydrogens is 208 g/mol. The minimum absolute atomic E-state index is 0.0898. The van der Waals surface area contributed by atoms with E-state index in [0.29, 0.717) is 6.54 Å². The van der Waals surface area contributed by atoms with Crippen molar-refractivity contribution < 1.29 is 9.59 Å². The molecule has 0 unspecified atom stereocenters. The van der Waals surface area contributed by atoms with Gasteiger partial charge in [0.2, 0.25) is 11.8 Å². The number of H-pyrrole nitrogens is 1. The Morgan fingerprint density at radius 2 is 2.06 bits per heavy atom. The molecule has 0 atom stereocenters. The smallest absolute Gasteiger partial charge is 0.242 e. The highest BCUT2D eigenvalue weighted by Crippen LogP contribution is 1.97. The summed E-state index contributed by atoms with van der Waals surface area (Å²) in [7, 11) is 3.28. The predicted octanol–water partition coefficient (Wildman–Crippen LogP) is -0.154. The Labute approximate surface area is 94.3 Å². The van der Waals surface area contributed by atoms with Gasteiger partial charge >= 0.3 is 0 Å². The lowest BCUT2D eigenvalue weighted by atomic mass is 10.4. The Hall–Kier alpha value is -1.85. The first-order chi connectivity index (χ1) is 7.50. The maximum atomic E-state index is 11.7. The van der Waals surface area contributed by atoms with Crippen LogP contribution in [0.15, 0.2) is 12.4 Å². The number of hydrogen-bond acceptors (Lipinski definition) is 3. The molecule has 0 spiro atoms. The zero-order chi connectivity index (χ0) is 12.1. The van der Waals surface area contributed by atoms with E-state index in [1.54, 1.807) is 26.5 Å². The van der Waals surface area contributed by atoms with Gasteiger partial charge in [0.15, 0.2) is 0 Å². The van der Waals surface area contributed by atoms with Crippen molar-refractivity contribution in [3.63, 3.8) is 0 Å². The molecule has 16 heavy (non-hydrogen) atoms. The molecule has 0 saturated carbocycles. The van der Waals surface area contributed by atoms with Crippen molar-refractivity contribution >= 4 is 11.8 Å². The molecule has 0 fully saturated rings. The van der Waals surface area contributed by atoms with E-state index in [4.69, 9.17) is 0 Å². The molecule has 0 aliphatic carbocycles. The molecule has 1 aromatic heterocycles. The summed E-state index contributed by atoms with van der Waals surface area (Å²) in [4.78, 5) is 32.5. The van der Waals surface area contributed by atoms with Crippen LogP contribution in [0.2, 0.25) is 0 Å². The third kappa shape index (κ3) is 3.38. The second kappa shape index (κ2) is 5.29. The summed E-state index contributed by atoms with van der Waals surface area (Å²) in [6, 6.07) is 0. The first kappa shape index (κ1) is 12.2. The van der Waals surface area contributed by atoms with Crippen LogP contribution in [0, 0.1) is 0 Å². The molecule has 1 heterocycles. The van der Waals surface area contributed by atoms with E-state index in [0.717, 1.165) is 5.82 Å². The molecule has 1 rings (SSSR count). The second-order valence-corrected chi connectivity index (χ2v) is 3.66. The monoisotopic (exact) mass is 224 g/mol. The zero-order valence-corrected chi connectivity index (χ0v) is 9.73. The number of carbonyl (C=O) groups excluding carboxylic acids is 2. The normalized spacial score (nSPS) is 9.94. The number of carbonyl (C=O) groups is 2. The van der Waals surface area contributed by atoms with Gasteiger partial charge in [0.25, 0.3) is 0 Å². The van der Waals surface area contributed by atoms with Crippen molar-refractivity contribution in [1.29, 1.82) is 0 Å². The van der Waals surface area contributed by atoms with Crippen LogP contribution >= 0.6 is 0 Å². The Morgan fingerprint density at radius 1 is 1.38 bits per heavy atom. The molecule has 0 saturated heterocycles. The second-order valence-electron chi connectivity index (χ2n) is 3.66. The molecule has 6 heteroatoms. The maximum absolute atomic E-state index is 11.7. The summed E-state index contributed by atoms with van der Waals surface area (Å²) < 4.78 is 0. The number of hydrogen-bond donors (Lipinski definition) is 1. The van der Waals surface area contributed by atoms with Crippen molar-refractivity contribution in [3.05, 3.63) is 18.2 Å². The fraction of sp³-hybridized carbons (Fsp3) is 0.500. The van der Waals surface area contributed by atoms with Crippen molar-refractivity contribution in [1.82, 2.24) is 19.8 Å². The molecule has 6 nitrogen and oxygen atoms in total. The van der Waals surface area contributed by atoms with E-state index in [9.17, 15) is 9.59 Å². The molecule has 1 N–H and O–H groups in total. The minimum Gasteiger partial charge on any atom is -0.347 e. The number of nitrogens with zero attached hydrogens (tertiary/aromatic N) is 3. The van der Waals surface area contributed by atoms with Crippen LogP contribution in [0.3, 0.4) is 0 Å². The summed E-state index contributed by atoms with van der Waals surface area (Å²) in [6.45, 7) is 1.93. The average Bonchev–Trinajstić information content (AvgIpc) is 2.69. The first-order valence-electron chi connectivity index (χ1n) is 4.94. The first-order valence-corrected chi connectivity index (χ1v) is 4.94. The maximum Gasteiger partial charge on any atom is 0.242 e. The van der Waals surface area contributed by atoms with Gasteiger partial charge in [-0.2, -0.15) is 0 Å². The van der Waals surface area contributed by atoms with E-state index in [1.807, 2.05) is 0 Å². The van der Waals surface area contributed by atoms with Gasteiger partial charge in [0.1, 0.15) is 5.82 Å². The van der Waals surface area contributed by atoms with E-state index in [2.05, 4.69) is 9.97 Å². The van der Waals surface area contributed by atoms with Gasteiger partial charge in [-0.05, 0) is 0 Å². The van der Waals surface area contributed by atoms with Crippen molar-refractivity contribution in [2.45, 2.75) is 13.5 Å². The molecular formula is C10H16N4O2. The number of imidazole rings is 1. The standard InChI is InChI=1S/C10H16N4O2/c1-8(15)13(2)7-10(16)14(3)6-9-11-4-5-12-9/h4-5H,6-7H2,1-3H3,(H,11,12). The van der Waals surface area contributed by atoms with Gasteiger partial charge in [0, 0.05) is 33.4 Å². The van der Waals surface area contributed by atoms with E-state index >= 15 is 0 Å². The number of rotatable bonds is 4. The number of amides is 2. The molecule has 0 aromatic carbocycles.